The molecule has 160 valence electrons. The molecule has 0 saturated carbocycles. The zero-order valence-electron chi connectivity index (χ0n) is 16.4. The Morgan fingerprint density at radius 3 is 2.50 bits per heavy atom. The van der Waals surface area contributed by atoms with E-state index < -0.39 is 33.2 Å². The van der Waals surface area contributed by atoms with Crippen molar-refractivity contribution in [2.24, 2.45) is 0 Å². The average Bonchev–Trinajstić information content (AvgIpc) is 2.66. The number of carbonyl (C=O) groups excluding carboxylic acids is 2. The Hall–Kier alpha value is -2.49. The highest BCUT2D eigenvalue weighted by molar-refractivity contribution is 7.88. The van der Waals surface area contributed by atoms with Crippen molar-refractivity contribution in [1.29, 1.82) is 0 Å². The van der Waals surface area contributed by atoms with Crippen molar-refractivity contribution in [2.75, 3.05) is 24.2 Å². The van der Waals surface area contributed by atoms with Gasteiger partial charge in [-0.3, -0.25) is 14.5 Å². The third-order valence-electron chi connectivity index (χ3n) is 4.93. The van der Waals surface area contributed by atoms with E-state index in [1.165, 1.54) is 36.1 Å². The first kappa shape index (κ1) is 22.2. The van der Waals surface area contributed by atoms with Crippen molar-refractivity contribution in [3.05, 3.63) is 64.9 Å². The van der Waals surface area contributed by atoms with Gasteiger partial charge >= 0.3 is 0 Å². The van der Waals surface area contributed by atoms with Gasteiger partial charge in [-0.25, -0.2) is 12.8 Å². The second-order valence-corrected chi connectivity index (χ2v) is 9.74. The zero-order chi connectivity index (χ0) is 22.1. The summed E-state index contributed by atoms with van der Waals surface area (Å²) in [6.45, 7) is 0.986. The van der Waals surface area contributed by atoms with Crippen molar-refractivity contribution < 1.29 is 22.4 Å². The van der Waals surface area contributed by atoms with Crippen LogP contribution in [-0.2, 0) is 26.2 Å². The summed E-state index contributed by atoms with van der Waals surface area (Å²) in [7, 11) is -3.71. The largest absolute Gasteiger partial charge is 0.350 e. The number of carbonyl (C=O) groups is 2. The molecule has 0 bridgehead atoms. The molecular formula is C20H21ClFN3O4S. The molecule has 0 aliphatic carbocycles. The van der Waals surface area contributed by atoms with Crippen molar-refractivity contribution in [1.82, 2.24) is 9.62 Å². The van der Waals surface area contributed by atoms with Gasteiger partial charge in [0.15, 0.2) is 0 Å². The predicted molar refractivity (Wildman–Crippen MR) is 112 cm³/mol. The normalized spacial score (nSPS) is 20.3. The lowest BCUT2D eigenvalue weighted by Crippen LogP contribution is -2.70. The number of rotatable bonds is 5. The van der Waals surface area contributed by atoms with E-state index in [0.717, 1.165) is 10.6 Å². The summed E-state index contributed by atoms with van der Waals surface area (Å²) in [6.07, 6.45) is 0.992. The molecule has 3 rings (SSSR count). The fourth-order valence-corrected chi connectivity index (χ4v) is 4.41. The second-order valence-electron chi connectivity index (χ2n) is 7.32. The third-order valence-corrected chi connectivity index (χ3v) is 6.36. The lowest BCUT2D eigenvalue weighted by Gasteiger charge is -2.46. The summed E-state index contributed by atoms with van der Waals surface area (Å²) < 4.78 is 38.3. The van der Waals surface area contributed by atoms with Crippen molar-refractivity contribution in [3.8, 4) is 0 Å². The maximum absolute atomic E-state index is 13.2. The highest BCUT2D eigenvalue weighted by Gasteiger charge is 2.50. The number of amides is 2. The first-order chi connectivity index (χ1) is 14.0. The SMILES string of the molecule is C[C@@]1(C(=O)NCc2ccc(F)cc2)CN(S(C)(=O)=O)CC(=O)N1c1cccc(Cl)c1. The minimum Gasteiger partial charge on any atom is -0.350 e. The Kier molecular flexibility index (Phi) is 6.16. The summed E-state index contributed by atoms with van der Waals surface area (Å²) in [4.78, 5) is 27.4. The van der Waals surface area contributed by atoms with Crippen LogP contribution in [0.15, 0.2) is 48.5 Å². The zero-order valence-corrected chi connectivity index (χ0v) is 18.0. The van der Waals surface area contributed by atoms with Crippen LogP contribution >= 0.6 is 11.6 Å². The van der Waals surface area contributed by atoms with Crippen LogP contribution in [0.2, 0.25) is 5.02 Å². The first-order valence-corrected chi connectivity index (χ1v) is 11.3. The van der Waals surface area contributed by atoms with Crippen LogP contribution in [0, 0.1) is 5.82 Å². The number of nitrogens with one attached hydrogen (secondary N) is 1. The van der Waals surface area contributed by atoms with E-state index in [9.17, 15) is 22.4 Å². The highest BCUT2D eigenvalue weighted by Crippen LogP contribution is 2.32. The highest BCUT2D eigenvalue weighted by atomic mass is 35.5. The molecule has 1 saturated heterocycles. The molecule has 7 nitrogen and oxygen atoms in total. The molecule has 30 heavy (non-hydrogen) atoms. The van der Waals surface area contributed by atoms with Gasteiger partial charge in [0.1, 0.15) is 11.4 Å². The first-order valence-electron chi connectivity index (χ1n) is 9.07. The van der Waals surface area contributed by atoms with E-state index in [4.69, 9.17) is 11.6 Å². The smallest absolute Gasteiger partial charge is 0.247 e. The molecule has 0 aromatic heterocycles. The summed E-state index contributed by atoms with van der Waals surface area (Å²) in [6, 6.07) is 12.1. The molecule has 0 spiro atoms. The van der Waals surface area contributed by atoms with Gasteiger partial charge in [-0.1, -0.05) is 29.8 Å². The Labute approximate surface area is 179 Å². The van der Waals surface area contributed by atoms with Crippen LogP contribution in [0.1, 0.15) is 12.5 Å². The Morgan fingerprint density at radius 2 is 1.90 bits per heavy atom. The number of halogens is 2. The topological polar surface area (TPSA) is 86.8 Å². The minimum absolute atomic E-state index is 0.0884. The van der Waals surface area contributed by atoms with Crippen LogP contribution in [-0.4, -0.2) is 49.4 Å². The Balaban J connectivity index is 1.95. The summed E-state index contributed by atoms with van der Waals surface area (Å²) >= 11 is 6.06. The number of benzene rings is 2. The molecule has 1 N–H and O–H groups in total. The molecule has 1 heterocycles. The number of sulfonamides is 1. The van der Waals surface area contributed by atoms with E-state index in [0.29, 0.717) is 16.3 Å². The van der Waals surface area contributed by atoms with Crippen LogP contribution < -0.4 is 10.2 Å². The number of anilines is 1. The van der Waals surface area contributed by atoms with Gasteiger partial charge in [0.05, 0.1) is 12.8 Å². The molecule has 2 aromatic carbocycles. The van der Waals surface area contributed by atoms with Gasteiger partial charge in [0.2, 0.25) is 21.8 Å². The van der Waals surface area contributed by atoms with Crippen LogP contribution in [0.5, 0.6) is 0 Å². The molecule has 0 unspecified atom stereocenters. The molecule has 1 aliphatic rings. The van der Waals surface area contributed by atoms with Gasteiger partial charge in [-0.05, 0) is 42.8 Å². The molecule has 2 aromatic rings. The molecule has 1 fully saturated rings. The fourth-order valence-electron chi connectivity index (χ4n) is 3.39. The Bertz CT molecular complexity index is 1080. The summed E-state index contributed by atoms with van der Waals surface area (Å²) in [5.41, 5.74) is -0.479. The van der Waals surface area contributed by atoms with Crippen LogP contribution in [0.3, 0.4) is 0 Å². The standard InChI is InChI=1S/C20H21ClFN3O4S/c1-20(19(27)23-11-14-6-8-16(22)9-7-14)13-24(30(2,28)29)12-18(26)25(20)17-5-3-4-15(21)10-17/h3-10H,11-13H2,1-2H3,(H,23,27)/t20-/m0/s1. The van der Waals surface area contributed by atoms with Crippen molar-refractivity contribution in [2.45, 2.75) is 19.0 Å². The summed E-state index contributed by atoms with van der Waals surface area (Å²) in [5.74, 6) is -1.49. The lowest BCUT2D eigenvalue weighted by molar-refractivity contribution is -0.133. The maximum Gasteiger partial charge on any atom is 0.247 e. The van der Waals surface area contributed by atoms with E-state index in [1.807, 2.05) is 0 Å². The fraction of sp³-hybridized carbons (Fsp3) is 0.300. The predicted octanol–water partition coefficient (Wildman–Crippen LogP) is 2.16. The Morgan fingerprint density at radius 1 is 1.23 bits per heavy atom. The molecule has 0 radical (unpaired) electrons. The monoisotopic (exact) mass is 453 g/mol. The van der Waals surface area contributed by atoms with Crippen molar-refractivity contribution in [3.63, 3.8) is 0 Å². The number of hydrogen-bond donors (Lipinski definition) is 1. The van der Waals surface area contributed by atoms with Crippen LogP contribution in [0.4, 0.5) is 10.1 Å². The molecule has 1 atom stereocenters. The minimum atomic E-state index is -3.71. The molecule has 2 amide bonds. The number of piperazine rings is 1. The van der Waals surface area contributed by atoms with Crippen LogP contribution in [0.25, 0.3) is 0 Å². The summed E-state index contributed by atoms with van der Waals surface area (Å²) in [5, 5.41) is 3.10. The molecule has 1 aliphatic heterocycles. The van der Waals surface area contributed by atoms with Gasteiger partial charge in [-0.15, -0.1) is 0 Å². The van der Waals surface area contributed by atoms with E-state index in [-0.39, 0.29) is 19.6 Å². The van der Waals surface area contributed by atoms with Gasteiger partial charge in [0, 0.05) is 23.8 Å². The van der Waals surface area contributed by atoms with Gasteiger partial charge < -0.3 is 5.32 Å². The second kappa shape index (κ2) is 8.33. The van der Waals surface area contributed by atoms with Gasteiger partial charge in [0.25, 0.3) is 0 Å². The van der Waals surface area contributed by atoms with E-state index in [2.05, 4.69) is 5.32 Å². The third kappa shape index (κ3) is 4.63. The van der Waals surface area contributed by atoms with Crippen molar-refractivity contribution >= 4 is 39.1 Å². The maximum atomic E-state index is 13.2. The average molecular weight is 454 g/mol. The molecule has 10 heteroatoms. The van der Waals surface area contributed by atoms with E-state index >= 15 is 0 Å². The number of nitrogens with zero attached hydrogens (tertiary/aromatic N) is 2. The van der Waals surface area contributed by atoms with Gasteiger partial charge in [-0.2, -0.15) is 4.31 Å². The molecular weight excluding hydrogens is 433 g/mol. The quantitative estimate of drug-likeness (QED) is 0.751. The number of hydrogen-bond acceptors (Lipinski definition) is 4. The lowest BCUT2D eigenvalue weighted by atomic mass is 9.94. The van der Waals surface area contributed by atoms with E-state index in [1.54, 1.807) is 24.3 Å².